The van der Waals surface area contributed by atoms with E-state index in [1.165, 1.54) is 19.3 Å². The molecule has 0 saturated carbocycles. The Bertz CT molecular complexity index is 782. The van der Waals surface area contributed by atoms with Gasteiger partial charge in [-0.1, -0.05) is 6.42 Å². The first kappa shape index (κ1) is 18.4. The molecule has 2 N–H and O–H groups in total. The number of likely N-dealkylation sites (tertiary alicyclic amines) is 1. The van der Waals surface area contributed by atoms with E-state index in [4.69, 9.17) is 5.10 Å². The molecule has 4 rings (SSSR count). The molecule has 7 heteroatoms. The molecule has 2 atom stereocenters. The van der Waals surface area contributed by atoms with Gasteiger partial charge in [-0.25, -0.2) is 9.67 Å². The standard InChI is InChI=1S/C20H30N6O/c1-15-5-2-3-11-25(15)14-18(27)22-10-12-26-20-17(6-4-8-23-20)19(24-26)16-7-9-21-13-16/h4,6,8,15-16,21H,2-3,5,7,9-14H2,1H3,(H,22,27)/t15-,16+/m1/s1. The van der Waals surface area contributed by atoms with Crippen LogP contribution in [0.3, 0.4) is 0 Å². The van der Waals surface area contributed by atoms with Crippen molar-refractivity contribution in [2.75, 3.05) is 32.7 Å². The zero-order chi connectivity index (χ0) is 18.6. The van der Waals surface area contributed by atoms with E-state index >= 15 is 0 Å². The summed E-state index contributed by atoms with van der Waals surface area (Å²) >= 11 is 0. The van der Waals surface area contributed by atoms with E-state index in [1.54, 1.807) is 0 Å². The first-order chi connectivity index (χ1) is 13.2. The molecule has 2 aliphatic heterocycles. The summed E-state index contributed by atoms with van der Waals surface area (Å²) in [5, 5.41) is 12.5. The molecule has 2 saturated heterocycles. The van der Waals surface area contributed by atoms with Gasteiger partial charge in [-0.15, -0.1) is 0 Å². The smallest absolute Gasteiger partial charge is 0.234 e. The van der Waals surface area contributed by atoms with Gasteiger partial charge in [0.05, 0.1) is 18.8 Å². The van der Waals surface area contributed by atoms with Crippen LogP contribution in [-0.4, -0.2) is 64.3 Å². The molecule has 7 nitrogen and oxygen atoms in total. The molecule has 1 amide bonds. The normalized spacial score (nSPS) is 23.7. The van der Waals surface area contributed by atoms with Crippen LogP contribution in [0.4, 0.5) is 0 Å². The van der Waals surface area contributed by atoms with Crippen LogP contribution >= 0.6 is 0 Å². The predicted octanol–water partition coefficient (Wildman–Crippen LogP) is 1.50. The lowest BCUT2D eigenvalue weighted by Crippen LogP contribution is -2.44. The maximum Gasteiger partial charge on any atom is 0.234 e. The molecule has 0 unspecified atom stereocenters. The molecular weight excluding hydrogens is 340 g/mol. The molecule has 2 fully saturated rings. The molecule has 0 radical (unpaired) electrons. The maximum atomic E-state index is 12.3. The third kappa shape index (κ3) is 4.14. The molecule has 4 heterocycles. The van der Waals surface area contributed by atoms with E-state index in [1.807, 2.05) is 16.9 Å². The van der Waals surface area contributed by atoms with Crippen molar-refractivity contribution in [2.24, 2.45) is 0 Å². The zero-order valence-corrected chi connectivity index (χ0v) is 16.2. The monoisotopic (exact) mass is 370 g/mol. The molecule has 2 aliphatic rings. The Balaban J connectivity index is 1.37. The fraction of sp³-hybridized carbons (Fsp3) is 0.650. The lowest BCUT2D eigenvalue weighted by Gasteiger charge is -2.32. The number of aromatic nitrogens is 3. The van der Waals surface area contributed by atoms with Crippen molar-refractivity contribution in [3.8, 4) is 0 Å². The molecule has 2 aromatic heterocycles. The van der Waals surface area contributed by atoms with Crippen LogP contribution in [0.15, 0.2) is 18.3 Å². The molecular formula is C20H30N6O. The second-order valence-corrected chi connectivity index (χ2v) is 7.84. The average molecular weight is 371 g/mol. The second-order valence-electron chi connectivity index (χ2n) is 7.84. The van der Waals surface area contributed by atoms with Gasteiger partial charge in [-0.3, -0.25) is 9.69 Å². The van der Waals surface area contributed by atoms with Crippen LogP contribution in [0.1, 0.15) is 44.2 Å². The van der Waals surface area contributed by atoms with E-state index in [0.717, 1.165) is 42.8 Å². The zero-order valence-electron chi connectivity index (χ0n) is 16.2. The van der Waals surface area contributed by atoms with E-state index in [0.29, 0.717) is 31.6 Å². The number of fused-ring (bicyclic) bond motifs is 1. The minimum absolute atomic E-state index is 0.105. The fourth-order valence-electron chi connectivity index (χ4n) is 4.31. The molecule has 0 bridgehead atoms. The van der Waals surface area contributed by atoms with Gasteiger partial charge in [0.15, 0.2) is 5.65 Å². The van der Waals surface area contributed by atoms with Crippen LogP contribution in [0.5, 0.6) is 0 Å². The van der Waals surface area contributed by atoms with Crippen LogP contribution in [-0.2, 0) is 11.3 Å². The molecule has 27 heavy (non-hydrogen) atoms. The fourth-order valence-corrected chi connectivity index (χ4v) is 4.31. The summed E-state index contributed by atoms with van der Waals surface area (Å²) in [5.41, 5.74) is 2.05. The highest BCUT2D eigenvalue weighted by atomic mass is 16.2. The van der Waals surface area contributed by atoms with Crippen molar-refractivity contribution in [1.29, 1.82) is 0 Å². The number of hydrogen-bond donors (Lipinski definition) is 2. The Morgan fingerprint density at radius 1 is 1.37 bits per heavy atom. The van der Waals surface area contributed by atoms with Crippen LogP contribution in [0.2, 0.25) is 0 Å². The summed E-state index contributed by atoms with van der Waals surface area (Å²) in [5.74, 6) is 0.557. The highest BCUT2D eigenvalue weighted by molar-refractivity contribution is 5.79. The molecule has 0 aromatic carbocycles. The Labute approximate surface area is 160 Å². The third-order valence-electron chi connectivity index (χ3n) is 5.92. The van der Waals surface area contributed by atoms with Crippen LogP contribution < -0.4 is 10.6 Å². The predicted molar refractivity (Wildman–Crippen MR) is 106 cm³/mol. The highest BCUT2D eigenvalue weighted by Crippen LogP contribution is 2.27. The minimum atomic E-state index is 0.105. The number of carbonyl (C=O) groups excluding carboxylic acids is 1. The summed E-state index contributed by atoms with van der Waals surface area (Å²) in [6.07, 6.45) is 6.59. The number of nitrogens with one attached hydrogen (secondary N) is 2. The first-order valence-corrected chi connectivity index (χ1v) is 10.3. The van der Waals surface area contributed by atoms with Gasteiger partial charge in [-0.2, -0.15) is 5.10 Å². The number of hydrogen-bond acceptors (Lipinski definition) is 5. The quantitative estimate of drug-likeness (QED) is 0.806. The lowest BCUT2D eigenvalue weighted by molar-refractivity contribution is -0.123. The van der Waals surface area contributed by atoms with Gasteiger partial charge in [0.1, 0.15) is 0 Å². The van der Waals surface area contributed by atoms with E-state index in [2.05, 4.69) is 33.5 Å². The Morgan fingerprint density at radius 2 is 2.30 bits per heavy atom. The number of pyridine rings is 1. The van der Waals surface area contributed by atoms with Crippen molar-refractivity contribution < 1.29 is 4.79 Å². The SMILES string of the molecule is C[C@@H]1CCCCN1CC(=O)NCCn1nc([C@H]2CCNC2)c2cccnc21. The summed E-state index contributed by atoms with van der Waals surface area (Å²) in [7, 11) is 0. The van der Waals surface area contributed by atoms with Crippen molar-refractivity contribution >= 4 is 16.9 Å². The topological polar surface area (TPSA) is 75.1 Å². The summed E-state index contributed by atoms with van der Waals surface area (Å²) < 4.78 is 1.95. The van der Waals surface area contributed by atoms with Crippen molar-refractivity contribution in [3.63, 3.8) is 0 Å². The van der Waals surface area contributed by atoms with Gasteiger partial charge in [-0.05, 0) is 51.4 Å². The van der Waals surface area contributed by atoms with Crippen LogP contribution in [0.25, 0.3) is 11.0 Å². The summed E-state index contributed by atoms with van der Waals surface area (Å²) in [4.78, 5) is 19.1. The largest absolute Gasteiger partial charge is 0.353 e. The van der Waals surface area contributed by atoms with Gasteiger partial charge in [0, 0.05) is 36.6 Å². The summed E-state index contributed by atoms with van der Waals surface area (Å²) in [6.45, 7) is 6.99. The Morgan fingerprint density at radius 3 is 3.11 bits per heavy atom. The Hall–Kier alpha value is -1.99. The van der Waals surface area contributed by atoms with E-state index in [9.17, 15) is 4.79 Å². The van der Waals surface area contributed by atoms with Crippen molar-refractivity contribution in [1.82, 2.24) is 30.3 Å². The van der Waals surface area contributed by atoms with Gasteiger partial charge in [0.2, 0.25) is 5.91 Å². The maximum absolute atomic E-state index is 12.3. The molecule has 2 aromatic rings. The Kier molecular flexibility index (Phi) is 5.69. The number of piperidine rings is 1. The molecule has 146 valence electrons. The van der Waals surface area contributed by atoms with Gasteiger partial charge < -0.3 is 10.6 Å². The van der Waals surface area contributed by atoms with Crippen molar-refractivity contribution in [2.45, 2.75) is 51.1 Å². The third-order valence-corrected chi connectivity index (χ3v) is 5.92. The highest BCUT2D eigenvalue weighted by Gasteiger charge is 2.24. The van der Waals surface area contributed by atoms with E-state index in [-0.39, 0.29) is 5.91 Å². The van der Waals surface area contributed by atoms with Crippen molar-refractivity contribution in [3.05, 3.63) is 24.0 Å². The first-order valence-electron chi connectivity index (χ1n) is 10.3. The number of carbonyl (C=O) groups is 1. The van der Waals surface area contributed by atoms with Gasteiger partial charge in [0.25, 0.3) is 0 Å². The number of nitrogens with zero attached hydrogens (tertiary/aromatic N) is 4. The van der Waals surface area contributed by atoms with Gasteiger partial charge >= 0.3 is 0 Å². The average Bonchev–Trinajstić information content (AvgIpc) is 3.32. The summed E-state index contributed by atoms with van der Waals surface area (Å²) in [6, 6.07) is 4.59. The van der Waals surface area contributed by atoms with E-state index < -0.39 is 0 Å². The molecule has 0 aliphatic carbocycles. The minimum Gasteiger partial charge on any atom is -0.353 e. The van der Waals surface area contributed by atoms with Crippen LogP contribution in [0, 0.1) is 0 Å². The second kappa shape index (κ2) is 8.35. The molecule has 0 spiro atoms. The number of amides is 1. The lowest BCUT2D eigenvalue weighted by atomic mass is 10.0. The number of rotatable bonds is 6.